The highest BCUT2D eigenvalue weighted by atomic mass is 35.5. The third-order valence-electron chi connectivity index (χ3n) is 4.79. The zero-order chi connectivity index (χ0) is 20.9. The van der Waals surface area contributed by atoms with Crippen molar-refractivity contribution in [3.8, 4) is 5.75 Å². The number of anilines is 1. The van der Waals surface area contributed by atoms with E-state index >= 15 is 0 Å². The lowest BCUT2D eigenvalue weighted by Gasteiger charge is -2.17. The van der Waals surface area contributed by atoms with Gasteiger partial charge in [-0.05, 0) is 56.0 Å². The van der Waals surface area contributed by atoms with E-state index in [4.69, 9.17) is 16.3 Å². The van der Waals surface area contributed by atoms with E-state index in [1.165, 1.54) is 16.4 Å². The fourth-order valence-corrected chi connectivity index (χ4v) is 5.34. The van der Waals surface area contributed by atoms with Crippen molar-refractivity contribution in [2.45, 2.75) is 37.5 Å². The zero-order valence-corrected chi connectivity index (χ0v) is 17.9. The molecule has 0 saturated carbocycles. The fraction of sp³-hybridized carbons (Fsp3) is 0.381. The summed E-state index contributed by atoms with van der Waals surface area (Å²) in [6, 6.07) is 12.2. The first kappa shape index (κ1) is 21.6. The van der Waals surface area contributed by atoms with Gasteiger partial charge in [0, 0.05) is 25.2 Å². The van der Waals surface area contributed by atoms with Crippen LogP contribution in [0.5, 0.6) is 5.75 Å². The van der Waals surface area contributed by atoms with Gasteiger partial charge in [0.15, 0.2) is 0 Å². The molecule has 2 aromatic carbocycles. The van der Waals surface area contributed by atoms with E-state index in [-0.39, 0.29) is 22.2 Å². The third kappa shape index (κ3) is 5.29. The molecule has 156 valence electrons. The van der Waals surface area contributed by atoms with Crippen LogP contribution in [0.25, 0.3) is 0 Å². The maximum Gasteiger partial charge on any atom is 0.244 e. The summed E-state index contributed by atoms with van der Waals surface area (Å²) in [6.45, 7) is 3.46. The van der Waals surface area contributed by atoms with Gasteiger partial charge in [-0.3, -0.25) is 4.79 Å². The van der Waals surface area contributed by atoms with Crippen molar-refractivity contribution < 1.29 is 17.9 Å². The van der Waals surface area contributed by atoms with Gasteiger partial charge >= 0.3 is 0 Å². The molecule has 1 N–H and O–H groups in total. The molecule has 2 aromatic rings. The van der Waals surface area contributed by atoms with Crippen LogP contribution in [-0.4, -0.2) is 38.3 Å². The smallest absolute Gasteiger partial charge is 0.244 e. The Kier molecular flexibility index (Phi) is 7.16. The maximum absolute atomic E-state index is 12.8. The number of carbonyl (C=O) groups is 1. The normalized spacial score (nSPS) is 14.7. The van der Waals surface area contributed by atoms with Gasteiger partial charge in [0.2, 0.25) is 15.9 Å². The topological polar surface area (TPSA) is 75.7 Å². The van der Waals surface area contributed by atoms with Crippen molar-refractivity contribution in [3.63, 3.8) is 0 Å². The number of para-hydroxylation sites is 1. The second-order valence-electron chi connectivity index (χ2n) is 6.85. The lowest BCUT2D eigenvalue weighted by Crippen LogP contribution is -2.28. The van der Waals surface area contributed by atoms with Crippen LogP contribution >= 0.6 is 11.6 Å². The van der Waals surface area contributed by atoms with Crippen LogP contribution < -0.4 is 10.1 Å². The number of hydrogen-bond donors (Lipinski definition) is 1. The molecule has 0 spiro atoms. The van der Waals surface area contributed by atoms with Crippen LogP contribution in [0.15, 0.2) is 47.4 Å². The van der Waals surface area contributed by atoms with Crippen molar-refractivity contribution in [1.29, 1.82) is 0 Å². The molecule has 8 heteroatoms. The number of amides is 1. The Labute approximate surface area is 176 Å². The van der Waals surface area contributed by atoms with E-state index in [1.807, 2.05) is 31.2 Å². The quantitative estimate of drug-likeness (QED) is 0.676. The van der Waals surface area contributed by atoms with Crippen LogP contribution in [0.2, 0.25) is 5.02 Å². The Bertz CT molecular complexity index is 972. The summed E-state index contributed by atoms with van der Waals surface area (Å²) in [5.41, 5.74) is 1.37. The summed E-state index contributed by atoms with van der Waals surface area (Å²) in [4.78, 5) is 12.4. The van der Waals surface area contributed by atoms with E-state index in [2.05, 4.69) is 5.32 Å². The van der Waals surface area contributed by atoms with Gasteiger partial charge in [-0.25, -0.2) is 8.42 Å². The zero-order valence-electron chi connectivity index (χ0n) is 16.4. The summed E-state index contributed by atoms with van der Waals surface area (Å²) < 4.78 is 32.7. The molecule has 1 saturated heterocycles. The van der Waals surface area contributed by atoms with Crippen LogP contribution in [-0.2, 0) is 21.2 Å². The Morgan fingerprint density at radius 3 is 2.62 bits per heavy atom. The molecule has 29 heavy (non-hydrogen) atoms. The molecular weight excluding hydrogens is 412 g/mol. The molecule has 0 unspecified atom stereocenters. The van der Waals surface area contributed by atoms with Crippen LogP contribution in [0.3, 0.4) is 0 Å². The minimum Gasteiger partial charge on any atom is -0.494 e. The van der Waals surface area contributed by atoms with Crippen LogP contribution in [0, 0.1) is 0 Å². The van der Waals surface area contributed by atoms with Gasteiger partial charge in [0.1, 0.15) is 10.6 Å². The molecule has 1 amide bonds. The van der Waals surface area contributed by atoms with Crippen molar-refractivity contribution in [2.75, 3.05) is 25.0 Å². The van der Waals surface area contributed by atoms with Gasteiger partial charge in [0.25, 0.3) is 0 Å². The van der Waals surface area contributed by atoms with E-state index in [9.17, 15) is 13.2 Å². The predicted octanol–water partition coefficient (Wildman–Crippen LogP) is 4.09. The standard InChI is InChI=1S/C21H25ClN2O4S/c1-2-28-19-8-4-3-7-16(19)9-12-21(25)23-17-10-11-18(22)20(15-17)29(26,27)24-13-5-6-14-24/h3-4,7-8,10-11,15H,2,5-6,9,12-14H2,1H3,(H,23,25). The monoisotopic (exact) mass is 436 g/mol. The van der Waals surface area contributed by atoms with Crippen molar-refractivity contribution in [3.05, 3.63) is 53.1 Å². The van der Waals surface area contributed by atoms with Gasteiger partial charge in [-0.2, -0.15) is 4.31 Å². The van der Waals surface area contributed by atoms with Crippen molar-refractivity contribution >= 4 is 33.2 Å². The molecule has 1 aliphatic heterocycles. The van der Waals surface area contributed by atoms with Gasteiger partial charge in [-0.1, -0.05) is 29.8 Å². The Morgan fingerprint density at radius 2 is 1.90 bits per heavy atom. The molecule has 6 nitrogen and oxygen atoms in total. The molecule has 3 rings (SSSR count). The molecule has 1 heterocycles. The fourth-order valence-electron chi connectivity index (χ4n) is 3.32. The SMILES string of the molecule is CCOc1ccccc1CCC(=O)Nc1ccc(Cl)c(S(=O)(=O)N2CCCC2)c1. The van der Waals surface area contributed by atoms with Crippen LogP contribution in [0.1, 0.15) is 31.7 Å². The average Bonchev–Trinajstić information content (AvgIpc) is 3.25. The molecule has 1 fully saturated rings. The highest BCUT2D eigenvalue weighted by molar-refractivity contribution is 7.89. The second-order valence-corrected chi connectivity index (χ2v) is 9.16. The van der Waals surface area contributed by atoms with E-state index in [1.54, 1.807) is 6.07 Å². The molecule has 0 atom stereocenters. The number of ether oxygens (including phenoxy) is 1. The number of nitrogens with one attached hydrogen (secondary N) is 1. The number of rotatable bonds is 8. The summed E-state index contributed by atoms with van der Waals surface area (Å²) >= 11 is 6.15. The van der Waals surface area contributed by atoms with Crippen molar-refractivity contribution in [2.24, 2.45) is 0 Å². The highest BCUT2D eigenvalue weighted by Gasteiger charge is 2.29. The summed E-state index contributed by atoms with van der Waals surface area (Å²) in [5, 5.41) is 2.93. The number of halogens is 1. The van der Waals surface area contributed by atoms with Gasteiger partial charge in [-0.15, -0.1) is 0 Å². The number of sulfonamides is 1. The summed E-state index contributed by atoms with van der Waals surface area (Å²) in [7, 11) is -3.66. The predicted molar refractivity (Wildman–Crippen MR) is 114 cm³/mol. The molecule has 0 aliphatic carbocycles. The highest BCUT2D eigenvalue weighted by Crippen LogP contribution is 2.29. The van der Waals surface area contributed by atoms with E-state index < -0.39 is 10.0 Å². The first-order valence-corrected chi connectivity index (χ1v) is 11.5. The van der Waals surface area contributed by atoms with Gasteiger partial charge in [0.05, 0.1) is 11.6 Å². The number of aryl methyl sites for hydroxylation is 1. The largest absolute Gasteiger partial charge is 0.494 e. The summed E-state index contributed by atoms with van der Waals surface area (Å²) in [6.07, 6.45) is 2.46. The number of benzene rings is 2. The second kappa shape index (κ2) is 9.61. The van der Waals surface area contributed by atoms with Crippen molar-refractivity contribution in [1.82, 2.24) is 4.31 Å². The summed E-state index contributed by atoms with van der Waals surface area (Å²) in [5.74, 6) is 0.566. The number of carbonyl (C=O) groups excluding carboxylic acids is 1. The maximum atomic E-state index is 12.8. The lowest BCUT2D eigenvalue weighted by molar-refractivity contribution is -0.116. The van der Waals surface area contributed by atoms with E-state index in [0.29, 0.717) is 31.8 Å². The number of hydrogen-bond acceptors (Lipinski definition) is 4. The molecular formula is C21H25ClN2O4S. The third-order valence-corrected chi connectivity index (χ3v) is 7.17. The first-order valence-electron chi connectivity index (χ1n) is 9.72. The van der Waals surface area contributed by atoms with E-state index in [0.717, 1.165) is 24.2 Å². The molecule has 0 radical (unpaired) electrons. The first-order chi connectivity index (χ1) is 13.9. The number of nitrogens with zero attached hydrogens (tertiary/aromatic N) is 1. The minimum absolute atomic E-state index is 0.0283. The molecule has 0 aromatic heterocycles. The lowest BCUT2D eigenvalue weighted by atomic mass is 10.1. The minimum atomic E-state index is -3.66. The molecule has 0 bridgehead atoms. The Hall–Kier alpha value is -2.09. The average molecular weight is 437 g/mol. The Morgan fingerprint density at radius 1 is 1.17 bits per heavy atom. The molecule has 1 aliphatic rings. The van der Waals surface area contributed by atoms with Crippen LogP contribution in [0.4, 0.5) is 5.69 Å². The Balaban J connectivity index is 1.68. The van der Waals surface area contributed by atoms with Gasteiger partial charge < -0.3 is 10.1 Å².